The minimum atomic E-state index is -0.137. The number of nitrogens with zero attached hydrogens (tertiary/aromatic N) is 1. The van der Waals surface area contributed by atoms with E-state index in [4.69, 9.17) is 34.8 Å². The van der Waals surface area contributed by atoms with Crippen molar-refractivity contribution in [2.45, 2.75) is 12.8 Å². The predicted molar refractivity (Wildman–Crippen MR) is 85.3 cm³/mol. The lowest BCUT2D eigenvalue weighted by Crippen LogP contribution is -2.11. The number of benzene rings is 1. The summed E-state index contributed by atoms with van der Waals surface area (Å²) in [7, 11) is 0. The van der Waals surface area contributed by atoms with E-state index in [9.17, 15) is 4.79 Å². The molecule has 1 aromatic heterocycles. The van der Waals surface area contributed by atoms with E-state index in [-0.39, 0.29) is 12.3 Å². The molecule has 0 spiro atoms. The molecule has 20 heavy (non-hydrogen) atoms. The van der Waals surface area contributed by atoms with Crippen molar-refractivity contribution in [1.29, 1.82) is 0 Å². The number of carbonyl (C=O) groups excluding carboxylic acids is 1. The number of carbonyl (C=O) groups is 1. The Morgan fingerprint density at radius 2 is 2.15 bits per heavy atom. The monoisotopic (exact) mass is 348 g/mol. The van der Waals surface area contributed by atoms with Gasteiger partial charge < -0.3 is 5.32 Å². The lowest BCUT2D eigenvalue weighted by Gasteiger charge is -2.03. The van der Waals surface area contributed by atoms with Gasteiger partial charge in [-0.25, -0.2) is 4.98 Å². The molecule has 0 aliphatic carbocycles. The Kier molecular flexibility index (Phi) is 5.66. The lowest BCUT2D eigenvalue weighted by atomic mass is 10.1. The topological polar surface area (TPSA) is 42.0 Å². The van der Waals surface area contributed by atoms with Crippen LogP contribution >= 0.6 is 46.1 Å². The van der Waals surface area contributed by atoms with Crippen LogP contribution in [-0.2, 0) is 11.2 Å². The fourth-order valence-corrected chi connectivity index (χ4v) is 3.00. The van der Waals surface area contributed by atoms with Gasteiger partial charge in [-0.2, -0.15) is 0 Å². The zero-order chi connectivity index (χ0) is 14.5. The van der Waals surface area contributed by atoms with Crippen LogP contribution in [0.4, 0.5) is 5.13 Å². The minimum absolute atomic E-state index is 0.137. The molecule has 0 atom stereocenters. The quantitative estimate of drug-likeness (QED) is 0.801. The van der Waals surface area contributed by atoms with Crippen LogP contribution in [0.5, 0.6) is 0 Å². The summed E-state index contributed by atoms with van der Waals surface area (Å²) in [4.78, 5) is 16.6. The second-order valence-corrected chi connectivity index (χ2v) is 6.29. The Morgan fingerprint density at radius 1 is 1.35 bits per heavy atom. The first-order valence-corrected chi connectivity index (χ1v) is 7.94. The van der Waals surface area contributed by atoms with Gasteiger partial charge in [0.15, 0.2) is 5.13 Å². The number of anilines is 1. The van der Waals surface area contributed by atoms with Crippen molar-refractivity contribution in [2.24, 2.45) is 0 Å². The van der Waals surface area contributed by atoms with Crippen molar-refractivity contribution in [2.75, 3.05) is 11.2 Å². The van der Waals surface area contributed by atoms with Crippen molar-refractivity contribution in [3.05, 3.63) is 44.9 Å². The number of halogens is 3. The molecule has 0 fully saturated rings. The highest BCUT2D eigenvalue weighted by molar-refractivity contribution is 7.15. The van der Waals surface area contributed by atoms with Crippen molar-refractivity contribution < 1.29 is 4.79 Å². The highest BCUT2D eigenvalue weighted by Gasteiger charge is 2.09. The molecule has 1 aromatic carbocycles. The normalized spacial score (nSPS) is 10.6. The van der Waals surface area contributed by atoms with Gasteiger partial charge in [0.05, 0.1) is 10.0 Å². The standard InChI is InChI=1S/C13H11Cl3N2OS/c14-5-4-11(19)18-13-17-7-9(20-13)6-8-2-1-3-10(15)12(8)16/h1-3,7H,4-6H2,(H,17,18,19). The lowest BCUT2D eigenvalue weighted by molar-refractivity contribution is -0.115. The molecule has 0 aliphatic heterocycles. The highest BCUT2D eigenvalue weighted by atomic mass is 35.5. The van der Waals surface area contributed by atoms with Crippen molar-refractivity contribution >= 4 is 57.2 Å². The van der Waals surface area contributed by atoms with Gasteiger partial charge in [-0.3, -0.25) is 4.79 Å². The number of aromatic nitrogens is 1. The van der Waals surface area contributed by atoms with Crippen molar-refractivity contribution in [1.82, 2.24) is 4.98 Å². The average molecular weight is 350 g/mol. The first-order valence-electron chi connectivity index (χ1n) is 5.83. The zero-order valence-corrected chi connectivity index (χ0v) is 13.4. The van der Waals surface area contributed by atoms with Crippen molar-refractivity contribution in [3.63, 3.8) is 0 Å². The maximum atomic E-state index is 11.4. The second-order valence-electron chi connectivity index (χ2n) is 4.01. The molecule has 1 N–H and O–H groups in total. The molecule has 0 unspecified atom stereocenters. The third kappa shape index (κ3) is 4.09. The third-order valence-electron chi connectivity index (χ3n) is 2.52. The van der Waals surface area contributed by atoms with Crippen molar-refractivity contribution in [3.8, 4) is 0 Å². The molecule has 2 rings (SSSR count). The molecule has 1 amide bonds. The minimum Gasteiger partial charge on any atom is -0.302 e. The molecule has 2 aromatic rings. The van der Waals surface area contributed by atoms with Gasteiger partial charge in [-0.1, -0.05) is 35.3 Å². The summed E-state index contributed by atoms with van der Waals surface area (Å²) < 4.78 is 0. The van der Waals surface area contributed by atoms with Gasteiger partial charge in [-0.05, 0) is 11.6 Å². The van der Waals surface area contributed by atoms with Gasteiger partial charge in [-0.15, -0.1) is 22.9 Å². The number of amides is 1. The number of thiazole rings is 1. The van der Waals surface area contributed by atoms with Crippen LogP contribution in [-0.4, -0.2) is 16.8 Å². The summed E-state index contributed by atoms with van der Waals surface area (Å²) in [5.74, 6) is 0.157. The Morgan fingerprint density at radius 3 is 2.90 bits per heavy atom. The first kappa shape index (κ1) is 15.6. The van der Waals surface area contributed by atoms with E-state index >= 15 is 0 Å². The van der Waals surface area contributed by atoms with Gasteiger partial charge in [0.1, 0.15) is 0 Å². The summed E-state index contributed by atoms with van der Waals surface area (Å²) >= 11 is 19.0. The van der Waals surface area contributed by atoms with Gasteiger partial charge in [0.2, 0.25) is 5.91 Å². The number of nitrogens with one attached hydrogen (secondary N) is 1. The van der Waals surface area contributed by atoms with E-state index in [2.05, 4.69) is 10.3 Å². The summed E-state index contributed by atoms with van der Waals surface area (Å²) in [6.07, 6.45) is 2.62. The second kappa shape index (κ2) is 7.27. The largest absolute Gasteiger partial charge is 0.302 e. The summed E-state index contributed by atoms with van der Waals surface area (Å²) in [6, 6.07) is 5.52. The van der Waals surface area contributed by atoms with E-state index in [1.165, 1.54) is 11.3 Å². The fraction of sp³-hybridized carbons (Fsp3) is 0.231. The highest BCUT2D eigenvalue weighted by Crippen LogP contribution is 2.29. The van der Waals surface area contributed by atoms with Crippen LogP contribution in [0, 0.1) is 0 Å². The van der Waals surface area contributed by atoms with E-state index in [1.54, 1.807) is 12.3 Å². The molecule has 7 heteroatoms. The average Bonchev–Trinajstić information content (AvgIpc) is 2.82. The Labute approximate surface area is 135 Å². The Balaban J connectivity index is 2.06. The SMILES string of the molecule is O=C(CCCl)Nc1ncc(Cc2cccc(Cl)c2Cl)s1. The van der Waals surface area contributed by atoms with Crippen LogP contribution in [0.3, 0.4) is 0 Å². The molecule has 3 nitrogen and oxygen atoms in total. The van der Waals surface area contributed by atoms with Gasteiger partial charge in [0.25, 0.3) is 0 Å². The Bertz CT molecular complexity index is 615. The van der Waals surface area contributed by atoms with Gasteiger partial charge >= 0.3 is 0 Å². The molecule has 0 saturated heterocycles. The molecule has 106 valence electrons. The van der Waals surface area contributed by atoms with Gasteiger partial charge in [0, 0.05) is 29.8 Å². The number of alkyl halides is 1. The van der Waals surface area contributed by atoms with Crippen LogP contribution in [0.1, 0.15) is 16.9 Å². The first-order chi connectivity index (χ1) is 9.60. The summed E-state index contributed by atoms with van der Waals surface area (Å²) in [6.45, 7) is 0. The fourth-order valence-electron chi connectivity index (χ4n) is 1.59. The molecule has 0 bridgehead atoms. The number of hydrogen-bond acceptors (Lipinski definition) is 3. The number of rotatable bonds is 5. The molecule has 0 saturated carbocycles. The van der Waals surface area contributed by atoms with E-state index in [0.29, 0.717) is 27.5 Å². The number of hydrogen-bond donors (Lipinski definition) is 1. The van der Waals surface area contributed by atoms with E-state index < -0.39 is 0 Å². The summed E-state index contributed by atoms with van der Waals surface area (Å²) in [5.41, 5.74) is 0.932. The van der Waals surface area contributed by atoms with Crippen LogP contribution in [0.25, 0.3) is 0 Å². The maximum Gasteiger partial charge on any atom is 0.227 e. The van der Waals surface area contributed by atoms with E-state index in [1.807, 2.05) is 12.1 Å². The molecule has 0 aliphatic rings. The smallest absolute Gasteiger partial charge is 0.227 e. The zero-order valence-electron chi connectivity index (χ0n) is 10.3. The third-order valence-corrected chi connectivity index (χ3v) is 4.48. The molecular formula is C13H11Cl3N2OS. The summed E-state index contributed by atoms with van der Waals surface area (Å²) in [5, 5.41) is 4.35. The molecule has 1 heterocycles. The van der Waals surface area contributed by atoms with Crippen LogP contribution in [0.15, 0.2) is 24.4 Å². The van der Waals surface area contributed by atoms with Crippen LogP contribution < -0.4 is 5.32 Å². The Hall–Kier alpha value is -0.810. The van der Waals surface area contributed by atoms with Crippen LogP contribution in [0.2, 0.25) is 10.0 Å². The molecule has 0 radical (unpaired) electrons. The maximum absolute atomic E-state index is 11.4. The van der Waals surface area contributed by atoms with E-state index in [0.717, 1.165) is 10.4 Å². The predicted octanol–water partition coefficient (Wildman–Crippen LogP) is 4.61. The molecular weight excluding hydrogens is 339 g/mol.